The molecule has 2 heterocycles. The zero-order valence-electron chi connectivity index (χ0n) is 14.0. The Hall–Kier alpha value is -3.01. The molecule has 0 aliphatic carbocycles. The molecular weight excluding hydrogens is 380 g/mol. The van der Waals surface area contributed by atoms with Gasteiger partial charge in [0.2, 0.25) is 0 Å². The third-order valence-electron chi connectivity index (χ3n) is 4.33. The molecule has 1 aliphatic rings. The number of nitrogens with two attached hydrogens (primary N) is 1. The predicted octanol–water partition coefficient (Wildman–Crippen LogP) is 3.44. The van der Waals surface area contributed by atoms with Crippen molar-refractivity contribution in [3.8, 4) is 5.75 Å². The summed E-state index contributed by atoms with van der Waals surface area (Å²) in [7, 11) is 0. The number of aromatic nitrogens is 2. The molecule has 4 rings (SSSR count). The first-order chi connectivity index (χ1) is 13.1. The monoisotopic (exact) mass is 396 g/mol. The van der Waals surface area contributed by atoms with E-state index in [1.165, 1.54) is 0 Å². The van der Waals surface area contributed by atoms with Crippen LogP contribution in [-0.2, 0) is 0 Å². The van der Waals surface area contributed by atoms with Gasteiger partial charge in [-0.3, -0.25) is 0 Å². The summed E-state index contributed by atoms with van der Waals surface area (Å²) in [6, 6.07) is 16.4. The molecule has 0 saturated carbocycles. The van der Waals surface area contributed by atoms with Crippen molar-refractivity contribution in [2.24, 2.45) is 5.84 Å². The average molecular weight is 397 g/mol. The first-order valence-electron chi connectivity index (χ1n) is 8.13. The zero-order valence-corrected chi connectivity index (χ0v) is 15.6. The van der Waals surface area contributed by atoms with Crippen LogP contribution in [0.25, 0.3) is 0 Å². The van der Waals surface area contributed by atoms with Crippen molar-refractivity contribution in [1.82, 2.24) is 9.97 Å². The summed E-state index contributed by atoms with van der Waals surface area (Å²) in [5, 5.41) is 13.3. The largest absolute Gasteiger partial charge is 0.508 e. The minimum absolute atomic E-state index is 0.182. The maximum absolute atomic E-state index is 9.65. The van der Waals surface area contributed by atoms with E-state index in [1.807, 2.05) is 35.2 Å². The molecule has 9 heteroatoms. The number of benzene rings is 2. The number of hydrogen-bond acceptors (Lipinski definition) is 6. The van der Waals surface area contributed by atoms with E-state index in [9.17, 15) is 5.11 Å². The molecule has 6 N–H and O–H groups in total. The number of fused-ring (bicyclic) bond motifs is 1. The van der Waals surface area contributed by atoms with Gasteiger partial charge in [-0.25, -0.2) is 10.8 Å². The first kappa shape index (κ1) is 17.4. The minimum Gasteiger partial charge on any atom is -0.508 e. The van der Waals surface area contributed by atoms with E-state index < -0.39 is 0 Å². The van der Waals surface area contributed by atoms with Crippen molar-refractivity contribution in [3.05, 3.63) is 70.5 Å². The molecule has 0 radical (unpaired) electrons. The highest BCUT2D eigenvalue weighted by Gasteiger charge is 2.36. The number of rotatable bonds is 3. The van der Waals surface area contributed by atoms with Crippen molar-refractivity contribution in [3.63, 3.8) is 0 Å². The van der Waals surface area contributed by atoms with Crippen molar-refractivity contribution < 1.29 is 5.11 Å². The number of phenolic OH excluding ortho intramolecular Hbond substituents is 1. The number of aromatic hydroxyl groups is 1. The van der Waals surface area contributed by atoms with Gasteiger partial charge < -0.3 is 25.7 Å². The SMILES string of the molecule is NNc1[nH]c(=S)nc2c1C(c1ccccc1)N(c1ccc(O)cc1)C(=S)N2. The van der Waals surface area contributed by atoms with E-state index in [0.717, 1.165) is 16.8 Å². The van der Waals surface area contributed by atoms with Crippen LogP contribution in [0.1, 0.15) is 17.2 Å². The van der Waals surface area contributed by atoms with Gasteiger partial charge in [-0.1, -0.05) is 30.3 Å². The molecule has 1 aliphatic heterocycles. The summed E-state index contributed by atoms with van der Waals surface area (Å²) in [5.41, 5.74) is 5.28. The number of nitrogen functional groups attached to an aromatic ring is 1. The van der Waals surface area contributed by atoms with E-state index in [2.05, 4.69) is 20.7 Å². The van der Waals surface area contributed by atoms with Crippen molar-refractivity contribution in [2.45, 2.75) is 6.04 Å². The quantitative estimate of drug-likeness (QED) is 0.261. The number of H-pyrrole nitrogens is 1. The van der Waals surface area contributed by atoms with Crippen LogP contribution < -0.4 is 21.5 Å². The third kappa shape index (κ3) is 3.12. The Morgan fingerprint density at radius 1 is 1.07 bits per heavy atom. The molecule has 136 valence electrons. The number of nitrogens with zero attached hydrogens (tertiary/aromatic N) is 2. The maximum Gasteiger partial charge on any atom is 0.200 e. The lowest BCUT2D eigenvalue weighted by Gasteiger charge is -2.39. The van der Waals surface area contributed by atoms with Crippen LogP contribution in [0.3, 0.4) is 0 Å². The predicted molar refractivity (Wildman–Crippen MR) is 112 cm³/mol. The normalized spacial score (nSPS) is 15.8. The second-order valence-electron chi connectivity index (χ2n) is 5.95. The van der Waals surface area contributed by atoms with Crippen LogP contribution >= 0.6 is 24.4 Å². The van der Waals surface area contributed by atoms with Gasteiger partial charge in [-0.05, 0) is 54.3 Å². The Bertz CT molecular complexity index is 1050. The van der Waals surface area contributed by atoms with Crippen LogP contribution in [0, 0.1) is 4.77 Å². The third-order valence-corrected chi connectivity index (χ3v) is 4.83. The number of phenols is 1. The molecular formula is C18H16N6OS2. The van der Waals surface area contributed by atoms with Gasteiger partial charge in [0, 0.05) is 5.69 Å². The number of hydrazine groups is 1. The van der Waals surface area contributed by atoms with Gasteiger partial charge in [0.15, 0.2) is 9.88 Å². The average Bonchev–Trinajstić information content (AvgIpc) is 2.67. The Balaban J connectivity index is 1.98. The van der Waals surface area contributed by atoms with Gasteiger partial charge in [-0.2, -0.15) is 0 Å². The number of nitrogens with one attached hydrogen (secondary N) is 3. The molecule has 1 aromatic heterocycles. The molecule has 7 nitrogen and oxygen atoms in total. The van der Waals surface area contributed by atoms with Crippen LogP contribution in [0.2, 0.25) is 0 Å². The number of aromatic amines is 1. The van der Waals surface area contributed by atoms with E-state index in [-0.39, 0.29) is 11.8 Å². The fraction of sp³-hybridized carbons (Fsp3) is 0.0556. The summed E-state index contributed by atoms with van der Waals surface area (Å²) >= 11 is 10.8. The molecule has 0 bridgehead atoms. The lowest BCUT2D eigenvalue weighted by atomic mass is 9.95. The standard InChI is InChI=1S/C18H16N6OS2/c19-23-16-13-14(10-4-2-1-3-5-10)24(11-6-8-12(25)9-7-11)18(27)22-15(13)20-17(26)21-16/h1-9,14,25H,19H2,(H3,20,21,22,23,26,27). The summed E-state index contributed by atoms with van der Waals surface area (Å²) in [4.78, 5) is 9.34. The summed E-state index contributed by atoms with van der Waals surface area (Å²) in [6.07, 6.45) is 0. The summed E-state index contributed by atoms with van der Waals surface area (Å²) < 4.78 is 0.293. The van der Waals surface area contributed by atoms with Crippen LogP contribution in [0.15, 0.2) is 54.6 Å². The lowest BCUT2D eigenvalue weighted by Crippen LogP contribution is -2.44. The smallest absolute Gasteiger partial charge is 0.200 e. The van der Waals surface area contributed by atoms with E-state index in [0.29, 0.717) is 21.5 Å². The van der Waals surface area contributed by atoms with Gasteiger partial charge in [-0.15, -0.1) is 0 Å². The molecule has 1 atom stereocenters. The molecule has 0 saturated heterocycles. The fourth-order valence-electron chi connectivity index (χ4n) is 3.20. The molecule has 2 aromatic carbocycles. The summed E-state index contributed by atoms with van der Waals surface area (Å²) in [6.45, 7) is 0. The maximum atomic E-state index is 9.65. The van der Waals surface area contributed by atoms with Crippen LogP contribution in [-0.4, -0.2) is 20.2 Å². The van der Waals surface area contributed by atoms with Gasteiger partial charge >= 0.3 is 0 Å². The topological polar surface area (TPSA) is 102 Å². The second kappa shape index (κ2) is 6.95. The Labute approximate surface area is 165 Å². The first-order valence-corrected chi connectivity index (χ1v) is 8.95. The van der Waals surface area contributed by atoms with Crippen molar-refractivity contribution >= 4 is 46.9 Å². The Morgan fingerprint density at radius 2 is 1.78 bits per heavy atom. The molecule has 1 unspecified atom stereocenters. The lowest BCUT2D eigenvalue weighted by molar-refractivity contribution is 0.475. The Morgan fingerprint density at radius 3 is 2.44 bits per heavy atom. The molecule has 0 fully saturated rings. The zero-order chi connectivity index (χ0) is 19.0. The van der Waals surface area contributed by atoms with Gasteiger partial charge in [0.25, 0.3) is 0 Å². The van der Waals surface area contributed by atoms with E-state index >= 15 is 0 Å². The van der Waals surface area contributed by atoms with E-state index in [1.54, 1.807) is 24.3 Å². The molecule has 0 amide bonds. The van der Waals surface area contributed by atoms with E-state index in [4.69, 9.17) is 30.3 Å². The highest BCUT2D eigenvalue weighted by Crippen LogP contribution is 2.42. The summed E-state index contributed by atoms with van der Waals surface area (Å²) in [5.74, 6) is 7.05. The highest BCUT2D eigenvalue weighted by atomic mass is 32.1. The highest BCUT2D eigenvalue weighted by molar-refractivity contribution is 7.80. The van der Waals surface area contributed by atoms with Crippen LogP contribution in [0.5, 0.6) is 5.75 Å². The van der Waals surface area contributed by atoms with Gasteiger partial charge in [0.1, 0.15) is 17.4 Å². The minimum atomic E-state index is -0.301. The molecule has 27 heavy (non-hydrogen) atoms. The number of anilines is 3. The van der Waals surface area contributed by atoms with Crippen LogP contribution in [0.4, 0.5) is 17.3 Å². The number of thiocarbonyl (C=S) groups is 1. The molecule has 0 spiro atoms. The number of hydrogen-bond donors (Lipinski definition) is 5. The Kier molecular flexibility index (Phi) is 4.48. The second-order valence-corrected chi connectivity index (χ2v) is 6.73. The fourth-order valence-corrected chi connectivity index (χ4v) is 3.70. The van der Waals surface area contributed by atoms with Gasteiger partial charge in [0.05, 0.1) is 11.6 Å². The van der Waals surface area contributed by atoms with Crippen molar-refractivity contribution in [2.75, 3.05) is 15.6 Å². The van der Waals surface area contributed by atoms with Crippen molar-refractivity contribution in [1.29, 1.82) is 0 Å². The molecule has 3 aromatic rings.